The molecule has 1 aromatic rings. The van der Waals surface area contributed by atoms with E-state index in [0.29, 0.717) is 30.4 Å². The predicted molar refractivity (Wildman–Crippen MR) is 194 cm³/mol. The third-order valence-electron chi connectivity index (χ3n) is 10.4. The Bertz CT molecular complexity index is 1830. The number of rotatable bonds is 16. The molecule has 1 saturated heterocycles. The number of benzene rings is 1. The number of carbonyl (C=O) groups excluding carboxylic acids is 6. The topological polar surface area (TPSA) is 174 Å². The Kier molecular flexibility index (Phi) is 12.2. The number of ketones is 2. The number of nitrogens with zero attached hydrogens (tertiary/aromatic N) is 2. The molecule has 5 atom stereocenters. The number of Topliss-reactive ketones (excluding diaryl/α,β-unsaturated/α-hetero) is 1. The fraction of sp³-hybridized carbons (Fsp3) is 0.590. The molecule has 2 aliphatic heterocycles. The highest BCUT2D eigenvalue weighted by atomic mass is 32.2. The molecule has 0 radical (unpaired) electrons. The summed E-state index contributed by atoms with van der Waals surface area (Å²) >= 11 is 0. The van der Waals surface area contributed by atoms with E-state index >= 15 is 0 Å². The summed E-state index contributed by atoms with van der Waals surface area (Å²) in [7, 11) is -3.92. The van der Waals surface area contributed by atoms with Gasteiger partial charge in [0, 0.05) is 37.3 Å². The summed E-state index contributed by atoms with van der Waals surface area (Å²) in [6.07, 6.45) is 3.46. The molecule has 3 fully saturated rings. The van der Waals surface area contributed by atoms with E-state index in [2.05, 4.69) is 11.3 Å². The predicted octanol–water partition coefficient (Wildman–Crippen LogP) is 4.67. The van der Waals surface area contributed by atoms with Crippen LogP contribution in [0.15, 0.2) is 43.0 Å². The van der Waals surface area contributed by atoms with E-state index < -0.39 is 92.2 Å². The van der Waals surface area contributed by atoms with Gasteiger partial charge in [-0.25, -0.2) is 17.6 Å². The van der Waals surface area contributed by atoms with Crippen LogP contribution >= 0.6 is 0 Å². The smallest absolute Gasteiger partial charge is 0.410 e. The lowest BCUT2D eigenvalue weighted by molar-refractivity contribution is -0.159. The van der Waals surface area contributed by atoms with E-state index in [9.17, 15) is 41.6 Å². The Morgan fingerprint density at radius 3 is 2.46 bits per heavy atom. The van der Waals surface area contributed by atoms with Crippen LogP contribution in [-0.4, -0.2) is 83.2 Å². The second kappa shape index (κ2) is 16.1. The molecule has 294 valence electrons. The van der Waals surface area contributed by atoms with E-state index in [0.717, 1.165) is 0 Å². The summed E-state index contributed by atoms with van der Waals surface area (Å²) in [5.74, 6) is -4.95. The summed E-state index contributed by atoms with van der Waals surface area (Å²) in [4.78, 5) is 83.8. The zero-order valence-electron chi connectivity index (χ0n) is 31.3. The van der Waals surface area contributed by atoms with Crippen LogP contribution in [-0.2, 0) is 56.6 Å². The van der Waals surface area contributed by atoms with Crippen LogP contribution in [0.3, 0.4) is 0 Å². The lowest BCUT2D eigenvalue weighted by Crippen LogP contribution is -2.46. The van der Waals surface area contributed by atoms with Gasteiger partial charge in [0.2, 0.25) is 21.8 Å². The van der Waals surface area contributed by atoms with Crippen molar-refractivity contribution >= 4 is 45.5 Å². The van der Waals surface area contributed by atoms with Crippen LogP contribution in [0.5, 0.6) is 0 Å². The molecule has 13 nitrogen and oxygen atoms in total. The highest BCUT2D eigenvalue weighted by molar-refractivity contribution is 7.90. The molecule has 3 amide bonds. The van der Waals surface area contributed by atoms with Gasteiger partial charge < -0.3 is 14.4 Å². The van der Waals surface area contributed by atoms with Crippen molar-refractivity contribution in [1.29, 1.82) is 0 Å². The molecule has 4 aliphatic rings. The maximum atomic E-state index is 14.4. The number of esters is 1. The van der Waals surface area contributed by atoms with Crippen LogP contribution in [0, 0.1) is 23.1 Å². The number of halogens is 1. The molecular formula is C39H50FN3O10S. The van der Waals surface area contributed by atoms with E-state index in [4.69, 9.17) is 9.47 Å². The number of hydrogen-bond donors (Lipinski definition) is 1. The van der Waals surface area contributed by atoms with Gasteiger partial charge in [-0.15, -0.1) is 6.58 Å². The van der Waals surface area contributed by atoms with Crippen molar-refractivity contribution < 1.29 is 51.0 Å². The number of allylic oxidation sites excluding steroid dienone is 3. The maximum Gasteiger partial charge on any atom is 0.410 e. The molecule has 0 aromatic heterocycles. The second-order valence-electron chi connectivity index (χ2n) is 15.8. The van der Waals surface area contributed by atoms with Gasteiger partial charge in [0.1, 0.15) is 17.5 Å². The summed E-state index contributed by atoms with van der Waals surface area (Å²) in [6.45, 7) is 10.5. The molecule has 2 saturated carbocycles. The molecule has 2 aliphatic carbocycles. The highest BCUT2D eigenvalue weighted by Gasteiger charge is 2.61. The first-order valence-corrected chi connectivity index (χ1v) is 20.1. The third kappa shape index (κ3) is 9.63. The lowest BCUT2D eigenvalue weighted by Gasteiger charge is -2.29. The largest absolute Gasteiger partial charge is 0.460 e. The summed E-state index contributed by atoms with van der Waals surface area (Å²) in [5.41, 5.74) is -1.26. The number of amides is 3. The van der Waals surface area contributed by atoms with Gasteiger partial charge in [-0.1, -0.05) is 31.2 Å². The van der Waals surface area contributed by atoms with Crippen molar-refractivity contribution in [3.05, 3.63) is 60.0 Å². The van der Waals surface area contributed by atoms with E-state index in [1.807, 2.05) is 6.92 Å². The number of carbonyl (C=O) groups is 6. The van der Waals surface area contributed by atoms with E-state index in [-0.39, 0.29) is 57.5 Å². The average molecular weight is 772 g/mol. The van der Waals surface area contributed by atoms with Crippen molar-refractivity contribution in [3.8, 4) is 0 Å². The Morgan fingerprint density at radius 1 is 1.13 bits per heavy atom. The number of nitrogens with one attached hydrogen (secondary N) is 1. The van der Waals surface area contributed by atoms with Gasteiger partial charge >= 0.3 is 12.1 Å². The highest BCUT2D eigenvalue weighted by Crippen LogP contribution is 2.57. The van der Waals surface area contributed by atoms with Crippen LogP contribution in [0.1, 0.15) is 96.6 Å². The van der Waals surface area contributed by atoms with Crippen LogP contribution in [0.4, 0.5) is 9.18 Å². The van der Waals surface area contributed by atoms with Gasteiger partial charge in [0.15, 0.2) is 11.6 Å². The molecule has 5 rings (SSSR count). The first-order valence-electron chi connectivity index (χ1n) is 18.5. The quantitative estimate of drug-likeness (QED) is 0.141. The SMILES string of the molecule is C=C[C@@H]1C[C@]1(CC(=O)[C@@H]1CC(OC(=O)N2Cc3cccc(F)c3C2)CN1C(=O)[C@H](CCC(=O)/C=C/CC)CC(=O)OC(C)(C)C)C(=O)NS(=O)(=O)C1CC1. The molecule has 2 heterocycles. The molecule has 0 bridgehead atoms. The third-order valence-corrected chi connectivity index (χ3v) is 12.2. The van der Waals surface area contributed by atoms with E-state index in [1.165, 1.54) is 28.0 Å². The number of fused-ring (bicyclic) bond motifs is 1. The van der Waals surface area contributed by atoms with Gasteiger partial charge in [-0.2, -0.15) is 0 Å². The zero-order chi connectivity index (χ0) is 39.6. The number of likely N-dealkylation sites (tertiary alicyclic amines) is 1. The Morgan fingerprint density at radius 2 is 1.85 bits per heavy atom. The molecule has 54 heavy (non-hydrogen) atoms. The minimum absolute atomic E-state index is 0.0264. The Labute approximate surface area is 315 Å². The fourth-order valence-electron chi connectivity index (χ4n) is 7.25. The number of sulfonamides is 1. The first-order chi connectivity index (χ1) is 25.4. The normalized spacial score (nSPS) is 24.1. The van der Waals surface area contributed by atoms with Crippen molar-refractivity contribution in [3.63, 3.8) is 0 Å². The van der Waals surface area contributed by atoms with Crippen LogP contribution in [0.2, 0.25) is 0 Å². The van der Waals surface area contributed by atoms with Gasteiger partial charge in [-0.3, -0.25) is 33.6 Å². The van der Waals surface area contributed by atoms with Crippen LogP contribution in [0.25, 0.3) is 0 Å². The van der Waals surface area contributed by atoms with E-state index in [1.54, 1.807) is 39.0 Å². The monoisotopic (exact) mass is 771 g/mol. The molecule has 1 aromatic carbocycles. The van der Waals surface area contributed by atoms with Gasteiger partial charge in [0.25, 0.3) is 0 Å². The van der Waals surface area contributed by atoms with Crippen molar-refractivity contribution in [2.45, 2.75) is 122 Å². The Balaban J connectivity index is 1.39. The molecule has 1 unspecified atom stereocenters. The first kappa shape index (κ1) is 40.8. The Hall–Kier alpha value is -4.40. The molecule has 15 heteroatoms. The second-order valence-corrected chi connectivity index (χ2v) is 17.8. The standard InChI is InChI=1S/C39H50FN3O10S/c1-6-8-11-27(44)14-13-24(17-34(46)53-38(3,4)5)35(47)43-22-28(52-37(49)42-21-25-10-9-12-31(40)30(25)23-42)18-32(43)33(45)20-39(19-26(39)7-2)36(48)41-54(50,51)29-15-16-29/h7-12,24,26,28-29,32H,2,6,13-23H2,1,3-5H3,(H,41,48)/b11-8+/t24-,26-,28?,32+,39-/m1/s1. The summed E-state index contributed by atoms with van der Waals surface area (Å²) in [6, 6.07) is 3.35. The maximum absolute atomic E-state index is 14.4. The van der Waals surface area contributed by atoms with Crippen molar-refractivity contribution in [2.75, 3.05) is 6.54 Å². The lowest BCUT2D eigenvalue weighted by atomic mass is 9.90. The van der Waals surface area contributed by atoms with Gasteiger partial charge in [-0.05, 0) is 76.5 Å². The number of hydrogen-bond acceptors (Lipinski definition) is 10. The molecular weight excluding hydrogens is 722 g/mol. The number of ether oxygens (including phenoxy) is 2. The van der Waals surface area contributed by atoms with Crippen molar-refractivity contribution in [2.24, 2.45) is 17.3 Å². The summed E-state index contributed by atoms with van der Waals surface area (Å²) < 4.78 is 53.3. The van der Waals surface area contributed by atoms with Crippen molar-refractivity contribution in [1.82, 2.24) is 14.5 Å². The summed E-state index contributed by atoms with van der Waals surface area (Å²) in [5, 5.41) is -0.667. The zero-order valence-corrected chi connectivity index (χ0v) is 32.1. The minimum atomic E-state index is -3.92. The van der Waals surface area contributed by atoms with Gasteiger partial charge in [0.05, 0.1) is 36.2 Å². The molecule has 1 N–H and O–H groups in total. The fourth-order valence-corrected chi connectivity index (χ4v) is 8.63. The minimum Gasteiger partial charge on any atom is -0.460 e. The average Bonchev–Trinajstić information content (AvgIpc) is 3.98. The van der Waals surface area contributed by atoms with Crippen LogP contribution < -0.4 is 4.72 Å². The molecule has 0 spiro atoms.